The highest BCUT2D eigenvalue weighted by Crippen LogP contribution is 2.44. The Hall–Kier alpha value is -1.37. The van der Waals surface area contributed by atoms with Gasteiger partial charge in [-0.25, -0.2) is 0 Å². The van der Waals surface area contributed by atoms with Gasteiger partial charge in [0.25, 0.3) is 11.8 Å². The fraction of sp³-hybridized carbons (Fsp3) is 0.529. The summed E-state index contributed by atoms with van der Waals surface area (Å²) in [5, 5.41) is 0.292. The van der Waals surface area contributed by atoms with E-state index < -0.39 is 5.79 Å². The topological polar surface area (TPSA) is 55.8 Å². The van der Waals surface area contributed by atoms with E-state index in [2.05, 4.69) is 0 Å². The van der Waals surface area contributed by atoms with Gasteiger partial charge in [0.2, 0.25) is 0 Å². The minimum atomic E-state index is -0.424. The molecule has 0 N–H and O–H groups in total. The lowest BCUT2D eigenvalue weighted by Crippen LogP contribution is -2.38. The van der Waals surface area contributed by atoms with Crippen LogP contribution in [0.3, 0.4) is 0 Å². The number of amides is 2. The molecular formula is C17H19NO4S. The quantitative estimate of drug-likeness (QED) is 0.792. The van der Waals surface area contributed by atoms with Gasteiger partial charge < -0.3 is 9.47 Å². The number of rotatable bonds is 4. The SMILES string of the molecule is O=C1c2ccccc2C(=O)N1CCSC1CCCC12OCCO2. The second-order valence-corrected chi connectivity index (χ2v) is 7.38. The third-order valence-corrected chi connectivity index (χ3v) is 6.19. The average molecular weight is 333 g/mol. The molecule has 1 aromatic carbocycles. The lowest BCUT2D eigenvalue weighted by Gasteiger charge is -2.29. The molecule has 4 rings (SSSR count). The van der Waals surface area contributed by atoms with Crippen molar-refractivity contribution in [2.45, 2.75) is 30.3 Å². The highest BCUT2D eigenvalue weighted by atomic mass is 32.2. The van der Waals surface area contributed by atoms with Gasteiger partial charge in [-0.1, -0.05) is 12.1 Å². The number of hydrogen-bond donors (Lipinski definition) is 0. The third-order valence-electron chi connectivity index (χ3n) is 4.77. The second-order valence-electron chi connectivity index (χ2n) is 6.07. The summed E-state index contributed by atoms with van der Waals surface area (Å²) in [5.74, 6) is -0.0709. The van der Waals surface area contributed by atoms with Gasteiger partial charge in [0.15, 0.2) is 5.79 Å². The fourth-order valence-electron chi connectivity index (χ4n) is 3.65. The van der Waals surface area contributed by atoms with Crippen LogP contribution >= 0.6 is 11.8 Å². The Bertz CT molecular complexity index is 601. The first-order valence-electron chi connectivity index (χ1n) is 8.06. The molecule has 0 bridgehead atoms. The van der Waals surface area contributed by atoms with Gasteiger partial charge in [-0.2, -0.15) is 11.8 Å². The Kier molecular flexibility index (Phi) is 3.91. The monoisotopic (exact) mass is 333 g/mol. The van der Waals surface area contributed by atoms with Crippen LogP contribution in [0.5, 0.6) is 0 Å². The van der Waals surface area contributed by atoms with E-state index in [1.54, 1.807) is 36.0 Å². The molecule has 122 valence electrons. The Morgan fingerprint density at radius 2 is 1.78 bits per heavy atom. The van der Waals surface area contributed by atoms with Crippen molar-refractivity contribution in [1.82, 2.24) is 4.90 Å². The van der Waals surface area contributed by atoms with Gasteiger partial charge in [0.1, 0.15) is 0 Å². The number of nitrogens with zero attached hydrogens (tertiary/aromatic N) is 1. The molecule has 1 aromatic rings. The molecule has 2 aliphatic heterocycles. The van der Waals surface area contributed by atoms with E-state index in [-0.39, 0.29) is 11.8 Å². The molecule has 0 radical (unpaired) electrons. The van der Waals surface area contributed by atoms with Gasteiger partial charge in [-0.3, -0.25) is 14.5 Å². The van der Waals surface area contributed by atoms with Crippen LogP contribution in [-0.4, -0.2) is 53.3 Å². The molecule has 3 aliphatic rings. The van der Waals surface area contributed by atoms with Crippen LogP contribution in [0.15, 0.2) is 24.3 Å². The number of carbonyl (C=O) groups excluding carboxylic acids is 2. The normalized spacial score (nSPS) is 25.6. The van der Waals surface area contributed by atoms with Gasteiger partial charge in [-0.15, -0.1) is 0 Å². The van der Waals surface area contributed by atoms with E-state index in [4.69, 9.17) is 9.47 Å². The minimum absolute atomic E-state index is 0.180. The Balaban J connectivity index is 1.37. The summed E-state index contributed by atoms with van der Waals surface area (Å²) in [6.07, 6.45) is 3.11. The lowest BCUT2D eigenvalue weighted by molar-refractivity contribution is -0.145. The smallest absolute Gasteiger partial charge is 0.261 e. The maximum atomic E-state index is 12.3. The van der Waals surface area contributed by atoms with Crippen molar-refractivity contribution in [3.63, 3.8) is 0 Å². The summed E-state index contributed by atoms with van der Waals surface area (Å²) >= 11 is 1.75. The van der Waals surface area contributed by atoms with Crippen molar-refractivity contribution >= 4 is 23.6 Å². The first-order valence-corrected chi connectivity index (χ1v) is 9.11. The van der Waals surface area contributed by atoms with Crippen LogP contribution in [0.4, 0.5) is 0 Å². The van der Waals surface area contributed by atoms with Crippen LogP contribution in [0.2, 0.25) is 0 Å². The molecule has 1 atom stereocenters. The Morgan fingerprint density at radius 3 is 2.43 bits per heavy atom. The molecular weight excluding hydrogens is 314 g/mol. The molecule has 2 amide bonds. The van der Waals surface area contributed by atoms with Crippen LogP contribution in [0.1, 0.15) is 40.0 Å². The maximum absolute atomic E-state index is 12.3. The maximum Gasteiger partial charge on any atom is 0.261 e. The molecule has 2 heterocycles. The molecule has 1 saturated heterocycles. The largest absolute Gasteiger partial charge is 0.346 e. The molecule has 23 heavy (non-hydrogen) atoms. The second kappa shape index (κ2) is 5.92. The summed E-state index contributed by atoms with van der Waals surface area (Å²) in [6.45, 7) is 1.76. The summed E-state index contributed by atoms with van der Waals surface area (Å²) in [7, 11) is 0. The number of fused-ring (bicyclic) bond motifs is 1. The van der Waals surface area contributed by atoms with Gasteiger partial charge in [0, 0.05) is 18.7 Å². The van der Waals surface area contributed by atoms with Crippen LogP contribution in [0, 0.1) is 0 Å². The number of imide groups is 1. The zero-order chi connectivity index (χ0) is 15.9. The van der Waals surface area contributed by atoms with E-state index in [1.807, 2.05) is 0 Å². The molecule has 2 fully saturated rings. The van der Waals surface area contributed by atoms with E-state index >= 15 is 0 Å². The third kappa shape index (κ3) is 2.49. The van der Waals surface area contributed by atoms with Gasteiger partial charge >= 0.3 is 0 Å². The number of carbonyl (C=O) groups is 2. The van der Waals surface area contributed by atoms with Gasteiger partial charge in [-0.05, 0) is 25.0 Å². The fourth-order valence-corrected chi connectivity index (χ4v) is 5.07. The number of benzene rings is 1. The summed E-state index contributed by atoms with van der Waals surface area (Å²) in [5.41, 5.74) is 1.03. The van der Waals surface area contributed by atoms with Crippen molar-refractivity contribution in [1.29, 1.82) is 0 Å². The highest BCUT2D eigenvalue weighted by Gasteiger charge is 2.48. The minimum Gasteiger partial charge on any atom is -0.346 e. The first kappa shape index (κ1) is 15.2. The van der Waals surface area contributed by atoms with Crippen LogP contribution in [0.25, 0.3) is 0 Å². The van der Waals surface area contributed by atoms with Crippen molar-refractivity contribution in [2.75, 3.05) is 25.5 Å². The average Bonchev–Trinajstić information content (AvgIpc) is 3.26. The Morgan fingerprint density at radius 1 is 1.13 bits per heavy atom. The van der Waals surface area contributed by atoms with E-state index in [9.17, 15) is 9.59 Å². The van der Waals surface area contributed by atoms with E-state index in [1.165, 1.54) is 4.90 Å². The first-order chi connectivity index (χ1) is 11.2. The molecule has 5 nitrogen and oxygen atoms in total. The summed E-state index contributed by atoms with van der Waals surface area (Å²) in [6, 6.07) is 7.02. The number of ether oxygens (including phenoxy) is 2. The summed E-state index contributed by atoms with van der Waals surface area (Å²) < 4.78 is 11.7. The molecule has 1 spiro atoms. The van der Waals surface area contributed by atoms with Crippen molar-refractivity contribution in [3.8, 4) is 0 Å². The molecule has 6 heteroatoms. The number of hydrogen-bond acceptors (Lipinski definition) is 5. The zero-order valence-corrected chi connectivity index (χ0v) is 13.6. The highest BCUT2D eigenvalue weighted by molar-refractivity contribution is 8.00. The van der Waals surface area contributed by atoms with E-state index in [0.29, 0.717) is 41.9 Å². The van der Waals surface area contributed by atoms with Crippen LogP contribution in [-0.2, 0) is 9.47 Å². The van der Waals surface area contributed by atoms with E-state index in [0.717, 1.165) is 19.3 Å². The van der Waals surface area contributed by atoms with Gasteiger partial charge in [0.05, 0.1) is 29.6 Å². The molecule has 0 aromatic heterocycles. The van der Waals surface area contributed by atoms with Crippen LogP contribution < -0.4 is 0 Å². The van der Waals surface area contributed by atoms with Crippen molar-refractivity contribution < 1.29 is 19.1 Å². The predicted octanol–water partition coefficient (Wildman–Crippen LogP) is 2.31. The number of thioether (sulfide) groups is 1. The lowest BCUT2D eigenvalue weighted by atomic mass is 10.1. The summed E-state index contributed by atoms with van der Waals surface area (Å²) in [4.78, 5) is 26.0. The molecule has 1 saturated carbocycles. The molecule has 1 aliphatic carbocycles. The van der Waals surface area contributed by atoms with Crippen molar-refractivity contribution in [3.05, 3.63) is 35.4 Å². The Labute approximate surface area is 139 Å². The van der Waals surface area contributed by atoms with Crippen molar-refractivity contribution in [2.24, 2.45) is 0 Å². The molecule has 1 unspecified atom stereocenters. The standard InChI is InChI=1S/C17H19NO4S/c19-15-12-4-1-2-5-13(12)16(20)18(15)8-11-23-14-6-3-7-17(14)21-9-10-22-17/h1-2,4-5,14H,3,6-11H2. The zero-order valence-electron chi connectivity index (χ0n) is 12.8. The predicted molar refractivity (Wildman–Crippen MR) is 86.5 cm³/mol.